The number of thiazole rings is 1. The highest BCUT2D eigenvalue weighted by molar-refractivity contribution is 7.99. The molecule has 5 heteroatoms. The molecular formula is C9H15N3S2. The standard InChI is InChI=1S/C9H15N3S2/c1-6-2-3-7(5-13-6)12-9-11-4-8(10)14-9/h4,6-7H,2-3,5,10H2,1H3,(H,11,12). The maximum Gasteiger partial charge on any atom is 0.184 e. The largest absolute Gasteiger partial charge is 0.389 e. The Bertz CT molecular complexity index is 292. The summed E-state index contributed by atoms with van der Waals surface area (Å²) in [7, 11) is 0. The summed E-state index contributed by atoms with van der Waals surface area (Å²) < 4.78 is 0. The number of nitrogen functional groups attached to an aromatic ring is 1. The molecule has 1 aliphatic rings. The van der Waals surface area contributed by atoms with E-state index in [0.29, 0.717) is 6.04 Å². The van der Waals surface area contributed by atoms with Crippen LogP contribution in [0.15, 0.2) is 6.20 Å². The van der Waals surface area contributed by atoms with Crippen molar-refractivity contribution in [3.63, 3.8) is 0 Å². The second kappa shape index (κ2) is 4.40. The maximum absolute atomic E-state index is 5.62. The van der Waals surface area contributed by atoms with Gasteiger partial charge in [0.2, 0.25) is 0 Å². The van der Waals surface area contributed by atoms with Crippen molar-refractivity contribution in [2.45, 2.75) is 31.1 Å². The summed E-state index contributed by atoms with van der Waals surface area (Å²) >= 11 is 3.56. The highest BCUT2D eigenvalue weighted by Gasteiger charge is 2.18. The molecule has 1 saturated heterocycles. The van der Waals surface area contributed by atoms with Crippen LogP contribution in [-0.4, -0.2) is 22.0 Å². The number of nitrogens with two attached hydrogens (primary N) is 1. The minimum atomic E-state index is 0.571. The zero-order chi connectivity index (χ0) is 9.97. The summed E-state index contributed by atoms with van der Waals surface area (Å²) in [4.78, 5) is 4.20. The lowest BCUT2D eigenvalue weighted by Crippen LogP contribution is -2.28. The fourth-order valence-electron chi connectivity index (χ4n) is 1.52. The highest BCUT2D eigenvalue weighted by Crippen LogP contribution is 2.28. The number of nitrogens with zero attached hydrogens (tertiary/aromatic N) is 1. The number of nitrogens with one attached hydrogen (secondary N) is 1. The fraction of sp³-hybridized carbons (Fsp3) is 0.667. The third-order valence-corrected chi connectivity index (χ3v) is 4.51. The molecule has 2 heterocycles. The summed E-state index contributed by atoms with van der Waals surface area (Å²) in [6.07, 6.45) is 4.25. The van der Waals surface area contributed by atoms with Gasteiger partial charge in [-0.05, 0) is 12.8 Å². The van der Waals surface area contributed by atoms with E-state index >= 15 is 0 Å². The fourth-order valence-corrected chi connectivity index (χ4v) is 3.30. The summed E-state index contributed by atoms with van der Waals surface area (Å²) in [6.45, 7) is 2.29. The van der Waals surface area contributed by atoms with Crippen LogP contribution in [0.1, 0.15) is 19.8 Å². The van der Waals surface area contributed by atoms with Gasteiger partial charge in [-0.25, -0.2) is 4.98 Å². The molecule has 0 radical (unpaired) electrons. The van der Waals surface area contributed by atoms with E-state index in [0.717, 1.165) is 15.4 Å². The van der Waals surface area contributed by atoms with Crippen molar-refractivity contribution in [1.29, 1.82) is 0 Å². The first-order valence-electron chi connectivity index (χ1n) is 4.83. The van der Waals surface area contributed by atoms with Crippen LogP contribution in [0.3, 0.4) is 0 Å². The molecule has 78 valence electrons. The van der Waals surface area contributed by atoms with Gasteiger partial charge in [-0.15, -0.1) is 0 Å². The van der Waals surface area contributed by atoms with Gasteiger partial charge < -0.3 is 11.1 Å². The predicted molar refractivity (Wildman–Crippen MR) is 65.1 cm³/mol. The Labute approximate surface area is 92.5 Å². The van der Waals surface area contributed by atoms with E-state index in [9.17, 15) is 0 Å². The van der Waals surface area contributed by atoms with Gasteiger partial charge in [0, 0.05) is 17.0 Å². The molecule has 0 bridgehead atoms. The molecule has 0 spiro atoms. The zero-order valence-corrected chi connectivity index (χ0v) is 9.83. The molecule has 1 aliphatic heterocycles. The quantitative estimate of drug-likeness (QED) is 0.818. The maximum atomic E-state index is 5.62. The first kappa shape index (κ1) is 10.1. The first-order valence-corrected chi connectivity index (χ1v) is 6.70. The number of aromatic nitrogens is 1. The number of rotatable bonds is 2. The lowest BCUT2D eigenvalue weighted by Gasteiger charge is -2.26. The Hall–Kier alpha value is -0.420. The van der Waals surface area contributed by atoms with Crippen molar-refractivity contribution < 1.29 is 0 Å². The van der Waals surface area contributed by atoms with Crippen LogP contribution >= 0.6 is 23.1 Å². The summed E-state index contributed by atoms with van der Waals surface area (Å²) in [6, 6.07) is 0.571. The molecule has 0 aliphatic carbocycles. The summed E-state index contributed by atoms with van der Waals surface area (Å²) in [5, 5.41) is 5.99. The van der Waals surface area contributed by atoms with Gasteiger partial charge in [0.1, 0.15) is 5.00 Å². The molecule has 2 rings (SSSR count). The Morgan fingerprint density at radius 3 is 3.00 bits per heavy atom. The topological polar surface area (TPSA) is 50.9 Å². The second-order valence-corrected chi connectivity index (χ2v) is 6.16. The van der Waals surface area contributed by atoms with E-state index in [-0.39, 0.29) is 0 Å². The molecule has 3 N–H and O–H groups in total. The molecule has 2 atom stereocenters. The van der Waals surface area contributed by atoms with Crippen LogP contribution in [0, 0.1) is 0 Å². The van der Waals surface area contributed by atoms with E-state index in [1.807, 2.05) is 11.8 Å². The smallest absolute Gasteiger partial charge is 0.184 e. The van der Waals surface area contributed by atoms with Gasteiger partial charge in [-0.3, -0.25) is 0 Å². The van der Waals surface area contributed by atoms with Crippen molar-refractivity contribution >= 4 is 33.2 Å². The molecule has 14 heavy (non-hydrogen) atoms. The number of hydrogen-bond donors (Lipinski definition) is 2. The molecule has 1 fully saturated rings. The third kappa shape index (κ3) is 2.54. The van der Waals surface area contributed by atoms with E-state index < -0.39 is 0 Å². The second-order valence-electron chi connectivity index (χ2n) is 3.63. The molecule has 0 saturated carbocycles. The number of thioether (sulfide) groups is 1. The zero-order valence-electron chi connectivity index (χ0n) is 8.19. The lowest BCUT2D eigenvalue weighted by atomic mass is 10.1. The first-order chi connectivity index (χ1) is 6.74. The normalized spacial score (nSPS) is 27.5. The van der Waals surface area contributed by atoms with Crippen molar-refractivity contribution in [2.24, 2.45) is 0 Å². The van der Waals surface area contributed by atoms with Gasteiger partial charge in [0.05, 0.1) is 6.20 Å². The summed E-state index contributed by atoms with van der Waals surface area (Å²) in [5.41, 5.74) is 5.62. The van der Waals surface area contributed by atoms with Crippen LogP contribution in [0.5, 0.6) is 0 Å². The molecule has 2 unspecified atom stereocenters. The van der Waals surface area contributed by atoms with Crippen LogP contribution < -0.4 is 11.1 Å². The monoisotopic (exact) mass is 229 g/mol. The minimum Gasteiger partial charge on any atom is -0.389 e. The van der Waals surface area contributed by atoms with Crippen LogP contribution in [0.4, 0.5) is 10.1 Å². The summed E-state index contributed by atoms with van der Waals surface area (Å²) in [5.74, 6) is 1.18. The van der Waals surface area contributed by atoms with Gasteiger partial charge >= 0.3 is 0 Å². The van der Waals surface area contributed by atoms with Crippen molar-refractivity contribution in [2.75, 3.05) is 16.8 Å². The van der Waals surface area contributed by atoms with E-state index in [1.165, 1.54) is 29.9 Å². The SMILES string of the molecule is CC1CCC(Nc2ncc(N)s2)CS1. The van der Waals surface area contributed by atoms with Gasteiger partial charge in [0.15, 0.2) is 5.13 Å². The van der Waals surface area contributed by atoms with Crippen LogP contribution in [-0.2, 0) is 0 Å². The van der Waals surface area contributed by atoms with Crippen LogP contribution in [0.2, 0.25) is 0 Å². The Morgan fingerprint density at radius 2 is 2.43 bits per heavy atom. The van der Waals surface area contributed by atoms with Crippen LogP contribution in [0.25, 0.3) is 0 Å². The van der Waals surface area contributed by atoms with Crippen molar-refractivity contribution in [3.05, 3.63) is 6.20 Å². The van der Waals surface area contributed by atoms with Gasteiger partial charge in [-0.2, -0.15) is 11.8 Å². The average Bonchev–Trinajstić information content (AvgIpc) is 2.56. The highest BCUT2D eigenvalue weighted by atomic mass is 32.2. The van der Waals surface area contributed by atoms with E-state index in [4.69, 9.17) is 5.73 Å². The van der Waals surface area contributed by atoms with Gasteiger partial charge in [-0.1, -0.05) is 18.3 Å². The lowest BCUT2D eigenvalue weighted by molar-refractivity contribution is 0.636. The van der Waals surface area contributed by atoms with E-state index in [2.05, 4.69) is 17.2 Å². The Morgan fingerprint density at radius 1 is 1.57 bits per heavy atom. The molecular weight excluding hydrogens is 214 g/mol. The molecule has 3 nitrogen and oxygen atoms in total. The molecule has 1 aromatic rings. The van der Waals surface area contributed by atoms with Crippen molar-refractivity contribution in [1.82, 2.24) is 4.98 Å². The molecule has 0 aromatic carbocycles. The number of hydrogen-bond acceptors (Lipinski definition) is 5. The Kier molecular flexibility index (Phi) is 3.18. The molecule has 0 amide bonds. The average molecular weight is 229 g/mol. The third-order valence-electron chi connectivity index (χ3n) is 2.35. The predicted octanol–water partition coefficient (Wildman–Crippen LogP) is 2.42. The Balaban J connectivity index is 1.86. The van der Waals surface area contributed by atoms with Gasteiger partial charge in [0.25, 0.3) is 0 Å². The van der Waals surface area contributed by atoms with E-state index in [1.54, 1.807) is 6.20 Å². The van der Waals surface area contributed by atoms with Crippen molar-refractivity contribution in [3.8, 4) is 0 Å². The number of anilines is 2. The minimum absolute atomic E-state index is 0.571. The molecule has 1 aromatic heterocycles.